The minimum atomic E-state index is -3.38. The van der Waals surface area contributed by atoms with E-state index in [-0.39, 0.29) is 17.5 Å². The molecule has 0 bridgehead atoms. The van der Waals surface area contributed by atoms with Crippen LogP contribution in [0.5, 0.6) is 5.75 Å². The van der Waals surface area contributed by atoms with Crippen LogP contribution >= 0.6 is 0 Å². The molecular formula is C22H25F2N3O3S. The van der Waals surface area contributed by atoms with Crippen LogP contribution in [0.15, 0.2) is 42.5 Å². The van der Waals surface area contributed by atoms with E-state index in [1.165, 1.54) is 12.1 Å². The largest absolute Gasteiger partial charge is 0.435 e. The average molecular weight is 450 g/mol. The van der Waals surface area contributed by atoms with Crippen LogP contribution in [0.25, 0.3) is 11.6 Å². The van der Waals surface area contributed by atoms with Crippen LogP contribution in [0, 0.1) is 11.3 Å². The third-order valence-electron chi connectivity index (χ3n) is 4.52. The molecule has 31 heavy (non-hydrogen) atoms. The van der Waals surface area contributed by atoms with Crippen LogP contribution in [0.4, 0.5) is 20.2 Å². The summed E-state index contributed by atoms with van der Waals surface area (Å²) in [7, 11) is -3.38. The first-order chi connectivity index (χ1) is 14.7. The van der Waals surface area contributed by atoms with Crippen molar-refractivity contribution < 1.29 is 21.9 Å². The normalized spacial score (nSPS) is 12.9. The van der Waals surface area contributed by atoms with E-state index in [1.807, 2.05) is 13.8 Å². The topological polar surface area (TPSA) is 91.2 Å². The zero-order chi connectivity index (χ0) is 23.0. The molecule has 0 aromatic heterocycles. The highest BCUT2D eigenvalue weighted by Gasteiger charge is 2.14. The first-order valence-electron chi connectivity index (χ1n) is 9.75. The lowest BCUT2D eigenvalue weighted by Crippen LogP contribution is -2.15. The Hall–Kier alpha value is -3.12. The van der Waals surface area contributed by atoms with Gasteiger partial charge in [-0.1, -0.05) is 19.1 Å². The number of hydrogen-bond donors (Lipinski definition) is 2. The number of rotatable bonds is 10. The van der Waals surface area contributed by atoms with Gasteiger partial charge in [0.15, 0.2) is 0 Å². The first kappa shape index (κ1) is 24.2. The number of sulfonamides is 1. The molecule has 2 aromatic rings. The molecule has 0 heterocycles. The van der Waals surface area contributed by atoms with Gasteiger partial charge < -0.3 is 10.1 Å². The summed E-state index contributed by atoms with van der Waals surface area (Å²) in [6.45, 7) is 2.51. The summed E-state index contributed by atoms with van der Waals surface area (Å²) in [5, 5.41) is 12.9. The Morgan fingerprint density at radius 2 is 1.87 bits per heavy atom. The molecule has 0 saturated heterocycles. The Labute approximate surface area is 181 Å². The van der Waals surface area contributed by atoms with E-state index in [0.717, 1.165) is 6.42 Å². The fraction of sp³-hybridized carbons (Fsp3) is 0.318. The molecule has 6 nitrogen and oxygen atoms in total. The molecular weight excluding hydrogens is 424 g/mol. The molecule has 0 aliphatic rings. The molecule has 0 aliphatic carbocycles. The number of alkyl halides is 2. The van der Waals surface area contributed by atoms with Crippen molar-refractivity contribution in [2.75, 3.05) is 15.8 Å². The van der Waals surface area contributed by atoms with E-state index in [9.17, 15) is 22.5 Å². The van der Waals surface area contributed by atoms with Gasteiger partial charge in [0.1, 0.15) is 5.75 Å². The van der Waals surface area contributed by atoms with Gasteiger partial charge in [-0.05, 0) is 56.2 Å². The van der Waals surface area contributed by atoms with Crippen LogP contribution in [-0.2, 0) is 10.0 Å². The van der Waals surface area contributed by atoms with Gasteiger partial charge in [0.25, 0.3) is 0 Å². The number of benzene rings is 2. The van der Waals surface area contributed by atoms with Crippen molar-refractivity contribution in [1.82, 2.24) is 0 Å². The van der Waals surface area contributed by atoms with Crippen LogP contribution in [0.3, 0.4) is 0 Å². The lowest BCUT2D eigenvalue weighted by molar-refractivity contribution is -0.0498. The van der Waals surface area contributed by atoms with E-state index in [4.69, 9.17) is 0 Å². The lowest BCUT2D eigenvalue weighted by atomic mass is 10.0. The molecule has 166 valence electrons. The van der Waals surface area contributed by atoms with Crippen molar-refractivity contribution >= 4 is 33.0 Å². The van der Waals surface area contributed by atoms with Gasteiger partial charge >= 0.3 is 6.61 Å². The number of nitriles is 1. The standard InChI is InChI=1S/C22H25F2N3O3S/c1-4-15(3)26-21-13-19(30-22(23)24)10-11-20(21)17(14-25)12-16-6-8-18(9-7-16)27-31(28,29)5-2/h6-13,15,22,26-27H,4-5H2,1-3H3/b17-12+. The summed E-state index contributed by atoms with van der Waals surface area (Å²) >= 11 is 0. The highest BCUT2D eigenvalue weighted by molar-refractivity contribution is 7.92. The van der Waals surface area contributed by atoms with Gasteiger partial charge in [-0.2, -0.15) is 14.0 Å². The Morgan fingerprint density at radius 3 is 2.42 bits per heavy atom. The number of nitrogens with one attached hydrogen (secondary N) is 2. The second kappa shape index (κ2) is 10.8. The number of halogens is 2. The second-order valence-electron chi connectivity index (χ2n) is 6.84. The third-order valence-corrected chi connectivity index (χ3v) is 5.82. The molecule has 1 atom stereocenters. The predicted molar refractivity (Wildman–Crippen MR) is 119 cm³/mol. The molecule has 1 unspecified atom stereocenters. The van der Waals surface area contributed by atoms with Crippen molar-refractivity contribution in [3.05, 3.63) is 53.6 Å². The highest BCUT2D eigenvalue weighted by atomic mass is 32.2. The van der Waals surface area contributed by atoms with Crippen molar-refractivity contribution in [1.29, 1.82) is 5.26 Å². The third kappa shape index (κ3) is 7.26. The van der Waals surface area contributed by atoms with Gasteiger partial charge in [0.05, 0.1) is 17.4 Å². The van der Waals surface area contributed by atoms with Gasteiger partial charge in [0, 0.05) is 29.0 Å². The quantitative estimate of drug-likeness (QED) is 0.378. The lowest BCUT2D eigenvalue weighted by Gasteiger charge is -2.18. The summed E-state index contributed by atoms with van der Waals surface area (Å²) < 4.78 is 55.5. The van der Waals surface area contributed by atoms with E-state index in [0.29, 0.717) is 28.1 Å². The molecule has 2 aromatic carbocycles. The maximum atomic E-state index is 12.6. The Kier molecular flexibility index (Phi) is 8.39. The molecule has 0 spiro atoms. The van der Waals surface area contributed by atoms with Gasteiger partial charge in [-0.25, -0.2) is 8.42 Å². The first-order valence-corrected chi connectivity index (χ1v) is 11.4. The highest BCUT2D eigenvalue weighted by Crippen LogP contribution is 2.31. The average Bonchev–Trinajstić information content (AvgIpc) is 2.73. The second-order valence-corrected chi connectivity index (χ2v) is 8.85. The summed E-state index contributed by atoms with van der Waals surface area (Å²) in [5.74, 6) is -0.0424. The van der Waals surface area contributed by atoms with Gasteiger partial charge in [-0.3, -0.25) is 4.72 Å². The van der Waals surface area contributed by atoms with E-state index in [2.05, 4.69) is 20.8 Å². The van der Waals surface area contributed by atoms with Gasteiger partial charge in [0.2, 0.25) is 10.0 Å². The summed E-state index contributed by atoms with van der Waals surface area (Å²) in [4.78, 5) is 0. The maximum Gasteiger partial charge on any atom is 0.387 e. The molecule has 2 N–H and O–H groups in total. The van der Waals surface area contributed by atoms with Crippen molar-refractivity contribution in [2.45, 2.75) is 39.8 Å². The van der Waals surface area contributed by atoms with Crippen LogP contribution in [-0.4, -0.2) is 26.8 Å². The minimum Gasteiger partial charge on any atom is -0.435 e. The van der Waals surface area contributed by atoms with Crippen molar-refractivity contribution in [3.8, 4) is 11.8 Å². The Balaban J connectivity index is 2.39. The number of allylic oxidation sites excluding steroid dienone is 1. The fourth-order valence-electron chi connectivity index (χ4n) is 2.66. The molecule has 2 rings (SSSR count). The monoisotopic (exact) mass is 449 g/mol. The minimum absolute atomic E-state index is 0.00518. The van der Waals surface area contributed by atoms with Crippen molar-refractivity contribution in [3.63, 3.8) is 0 Å². The van der Waals surface area contributed by atoms with Gasteiger partial charge in [-0.15, -0.1) is 0 Å². The van der Waals surface area contributed by atoms with Crippen LogP contribution < -0.4 is 14.8 Å². The summed E-state index contributed by atoms with van der Waals surface area (Å²) in [6, 6.07) is 13.1. The Bertz CT molecular complexity index is 1060. The summed E-state index contributed by atoms with van der Waals surface area (Å²) in [6.07, 6.45) is 2.43. The van der Waals surface area contributed by atoms with Crippen LogP contribution in [0.1, 0.15) is 38.3 Å². The smallest absolute Gasteiger partial charge is 0.387 e. The van der Waals surface area contributed by atoms with E-state index >= 15 is 0 Å². The van der Waals surface area contributed by atoms with Crippen molar-refractivity contribution in [2.24, 2.45) is 0 Å². The molecule has 0 amide bonds. The molecule has 0 fully saturated rings. The molecule has 0 aliphatic heterocycles. The Morgan fingerprint density at radius 1 is 1.19 bits per heavy atom. The number of hydrogen-bond acceptors (Lipinski definition) is 5. The predicted octanol–water partition coefficient (Wildman–Crippen LogP) is 5.32. The van der Waals surface area contributed by atoms with E-state index in [1.54, 1.807) is 43.3 Å². The van der Waals surface area contributed by atoms with Crippen LogP contribution in [0.2, 0.25) is 0 Å². The SMILES string of the molecule is CCC(C)Nc1cc(OC(F)F)ccc1/C(C#N)=C/c1ccc(NS(=O)(=O)CC)cc1. The zero-order valence-electron chi connectivity index (χ0n) is 17.5. The molecule has 0 saturated carbocycles. The molecule has 9 heteroatoms. The van der Waals surface area contributed by atoms with E-state index < -0.39 is 16.6 Å². The number of anilines is 2. The fourth-order valence-corrected chi connectivity index (χ4v) is 3.30. The summed E-state index contributed by atoms with van der Waals surface area (Å²) in [5.41, 5.74) is 2.47. The number of ether oxygens (including phenoxy) is 1. The maximum absolute atomic E-state index is 12.6. The molecule has 0 radical (unpaired) electrons. The zero-order valence-corrected chi connectivity index (χ0v) is 18.3. The number of nitrogens with zero attached hydrogens (tertiary/aromatic N) is 1.